The average molecular weight is 311 g/mol. The van der Waals surface area contributed by atoms with Gasteiger partial charge in [0.25, 0.3) is 0 Å². The maximum absolute atomic E-state index is 12.5. The van der Waals surface area contributed by atoms with Gasteiger partial charge in [-0.25, -0.2) is 4.98 Å². The first kappa shape index (κ1) is 15.4. The Labute approximate surface area is 135 Å². The van der Waals surface area contributed by atoms with Crippen LogP contribution < -0.4 is 5.73 Å². The van der Waals surface area contributed by atoms with Crippen LogP contribution in [0.25, 0.3) is 0 Å². The van der Waals surface area contributed by atoms with Crippen molar-refractivity contribution < 1.29 is 4.79 Å². The molecule has 1 saturated heterocycles. The first-order valence-corrected chi connectivity index (χ1v) is 7.94. The summed E-state index contributed by atoms with van der Waals surface area (Å²) in [5, 5.41) is 0. The lowest BCUT2D eigenvalue weighted by Gasteiger charge is -2.33. The molecule has 1 amide bonds. The summed E-state index contributed by atoms with van der Waals surface area (Å²) in [5.41, 5.74) is 7.66. The highest BCUT2D eigenvalue weighted by Gasteiger charge is 2.24. The third kappa shape index (κ3) is 4.03. The molecule has 23 heavy (non-hydrogen) atoms. The molecule has 6 nitrogen and oxygen atoms in total. The van der Waals surface area contributed by atoms with Crippen molar-refractivity contribution in [1.29, 1.82) is 0 Å². The van der Waals surface area contributed by atoms with E-state index in [9.17, 15) is 4.79 Å². The molecular weight excluding hydrogens is 290 g/mol. The summed E-state index contributed by atoms with van der Waals surface area (Å²) in [5.74, 6) is 1.04. The third-order valence-corrected chi connectivity index (χ3v) is 4.24. The number of hydrogen-bond donors (Lipinski definition) is 1. The fraction of sp³-hybridized carbons (Fsp3) is 0.412. The number of amides is 1. The van der Waals surface area contributed by atoms with E-state index in [1.807, 2.05) is 17.0 Å². The molecule has 2 aromatic rings. The number of nitrogen functional groups attached to an aromatic ring is 1. The number of carbonyl (C=O) groups excluding carboxylic acids is 1. The summed E-state index contributed by atoms with van der Waals surface area (Å²) in [4.78, 5) is 26.9. The largest absolute Gasteiger partial charge is 0.382 e. The first-order valence-electron chi connectivity index (χ1n) is 7.94. The van der Waals surface area contributed by atoms with Gasteiger partial charge in [0.15, 0.2) is 0 Å². The van der Waals surface area contributed by atoms with Crippen LogP contribution in [-0.2, 0) is 17.6 Å². The van der Waals surface area contributed by atoms with Crippen molar-refractivity contribution in [3.8, 4) is 0 Å². The number of carbonyl (C=O) groups is 1. The van der Waals surface area contributed by atoms with Crippen LogP contribution in [0.2, 0.25) is 0 Å². The van der Waals surface area contributed by atoms with Gasteiger partial charge < -0.3 is 10.6 Å². The smallest absolute Gasteiger partial charge is 0.227 e. The molecule has 3 rings (SSSR count). The minimum atomic E-state index is 0.162. The van der Waals surface area contributed by atoms with Crippen LogP contribution in [0.4, 0.5) is 5.82 Å². The first-order chi connectivity index (χ1) is 11.2. The van der Waals surface area contributed by atoms with Crippen LogP contribution in [0.3, 0.4) is 0 Å². The molecule has 0 bridgehead atoms. The maximum atomic E-state index is 12.5. The highest BCUT2D eigenvalue weighted by Crippen LogP contribution is 2.22. The SMILES string of the molecule is Nc1nccnc1C[C@@H]1CCCN(C(=O)Cc2cccnc2)C1. The summed E-state index contributed by atoms with van der Waals surface area (Å²) < 4.78 is 0. The molecule has 1 aliphatic heterocycles. The van der Waals surface area contributed by atoms with E-state index in [4.69, 9.17) is 5.73 Å². The summed E-state index contributed by atoms with van der Waals surface area (Å²) >= 11 is 0. The van der Waals surface area contributed by atoms with E-state index in [0.29, 0.717) is 18.2 Å². The molecular formula is C17H21N5O. The molecule has 1 atom stereocenters. The van der Waals surface area contributed by atoms with Gasteiger partial charge in [0, 0.05) is 37.9 Å². The van der Waals surface area contributed by atoms with Crippen LogP contribution in [0, 0.1) is 5.92 Å². The summed E-state index contributed by atoms with van der Waals surface area (Å²) in [6, 6.07) is 3.80. The van der Waals surface area contributed by atoms with Gasteiger partial charge in [0.05, 0.1) is 12.1 Å². The highest BCUT2D eigenvalue weighted by atomic mass is 16.2. The number of nitrogens with zero attached hydrogens (tertiary/aromatic N) is 4. The van der Waals surface area contributed by atoms with Gasteiger partial charge in [-0.1, -0.05) is 6.07 Å². The van der Waals surface area contributed by atoms with Gasteiger partial charge >= 0.3 is 0 Å². The van der Waals surface area contributed by atoms with Crippen LogP contribution in [0.1, 0.15) is 24.1 Å². The lowest BCUT2D eigenvalue weighted by molar-refractivity contribution is -0.132. The molecule has 0 aromatic carbocycles. The number of rotatable bonds is 4. The summed E-state index contributed by atoms with van der Waals surface area (Å²) in [6.07, 6.45) is 10.0. The van der Waals surface area contributed by atoms with Crippen molar-refractivity contribution in [2.45, 2.75) is 25.7 Å². The van der Waals surface area contributed by atoms with E-state index in [0.717, 1.165) is 43.6 Å². The Hall–Kier alpha value is -2.50. The fourth-order valence-corrected chi connectivity index (χ4v) is 3.06. The number of pyridine rings is 1. The standard InChI is InChI=1S/C17H21N5O/c18-17-15(20-6-7-21-17)9-14-4-2-8-22(12-14)16(23)10-13-3-1-5-19-11-13/h1,3,5-7,11,14H,2,4,8-10,12H2,(H2,18,21)/t14-/m0/s1. The number of piperidine rings is 1. The number of anilines is 1. The Morgan fingerprint density at radius 2 is 2.17 bits per heavy atom. The van der Waals surface area contributed by atoms with Crippen molar-refractivity contribution in [2.75, 3.05) is 18.8 Å². The summed E-state index contributed by atoms with van der Waals surface area (Å²) in [6.45, 7) is 1.58. The predicted octanol–water partition coefficient (Wildman–Crippen LogP) is 1.48. The molecule has 6 heteroatoms. The molecule has 120 valence electrons. The maximum Gasteiger partial charge on any atom is 0.227 e. The molecule has 1 aliphatic rings. The molecule has 0 spiro atoms. The molecule has 0 aliphatic carbocycles. The zero-order chi connectivity index (χ0) is 16.1. The second-order valence-electron chi connectivity index (χ2n) is 5.98. The fourth-order valence-electron chi connectivity index (χ4n) is 3.06. The van der Waals surface area contributed by atoms with Crippen molar-refractivity contribution in [1.82, 2.24) is 19.9 Å². The van der Waals surface area contributed by atoms with Crippen molar-refractivity contribution >= 4 is 11.7 Å². The Bertz CT molecular complexity index is 661. The third-order valence-electron chi connectivity index (χ3n) is 4.24. The van der Waals surface area contributed by atoms with Gasteiger partial charge in [-0.2, -0.15) is 0 Å². The van der Waals surface area contributed by atoms with Gasteiger partial charge in [-0.3, -0.25) is 14.8 Å². The lowest BCUT2D eigenvalue weighted by atomic mass is 9.93. The average Bonchev–Trinajstić information content (AvgIpc) is 2.58. The highest BCUT2D eigenvalue weighted by molar-refractivity contribution is 5.78. The van der Waals surface area contributed by atoms with Gasteiger partial charge in [-0.05, 0) is 36.8 Å². The minimum Gasteiger partial charge on any atom is -0.382 e. The molecule has 3 heterocycles. The number of nitrogens with two attached hydrogens (primary N) is 1. The van der Waals surface area contributed by atoms with E-state index < -0.39 is 0 Å². The van der Waals surface area contributed by atoms with E-state index in [1.54, 1.807) is 24.8 Å². The molecule has 2 aromatic heterocycles. The Kier molecular flexibility index (Phi) is 4.80. The van der Waals surface area contributed by atoms with Crippen LogP contribution in [-0.4, -0.2) is 38.8 Å². The van der Waals surface area contributed by atoms with E-state index in [-0.39, 0.29) is 5.91 Å². The normalized spacial score (nSPS) is 17.9. The molecule has 1 fully saturated rings. The Balaban J connectivity index is 1.59. The van der Waals surface area contributed by atoms with Crippen LogP contribution >= 0.6 is 0 Å². The number of hydrogen-bond acceptors (Lipinski definition) is 5. The van der Waals surface area contributed by atoms with Crippen molar-refractivity contribution in [2.24, 2.45) is 5.92 Å². The molecule has 0 radical (unpaired) electrons. The topological polar surface area (TPSA) is 85.0 Å². The van der Waals surface area contributed by atoms with Gasteiger partial charge in [-0.15, -0.1) is 0 Å². The zero-order valence-electron chi connectivity index (χ0n) is 13.1. The number of likely N-dealkylation sites (tertiary alicyclic amines) is 1. The lowest BCUT2D eigenvalue weighted by Crippen LogP contribution is -2.41. The van der Waals surface area contributed by atoms with Crippen molar-refractivity contribution in [3.05, 3.63) is 48.2 Å². The van der Waals surface area contributed by atoms with E-state index in [1.165, 1.54) is 0 Å². The van der Waals surface area contributed by atoms with Gasteiger partial charge in [0.1, 0.15) is 5.82 Å². The van der Waals surface area contributed by atoms with Crippen LogP contribution in [0.5, 0.6) is 0 Å². The van der Waals surface area contributed by atoms with Crippen molar-refractivity contribution in [3.63, 3.8) is 0 Å². The molecule has 0 unspecified atom stereocenters. The second kappa shape index (κ2) is 7.17. The summed E-state index contributed by atoms with van der Waals surface area (Å²) in [7, 11) is 0. The number of aromatic nitrogens is 3. The second-order valence-corrected chi connectivity index (χ2v) is 5.98. The van der Waals surface area contributed by atoms with Gasteiger partial charge in [0.2, 0.25) is 5.91 Å². The monoisotopic (exact) mass is 311 g/mol. The van der Waals surface area contributed by atoms with Crippen LogP contribution in [0.15, 0.2) is 36.9 Å². The van der Waals surface area contributed by atoms with E-state index in [2.05, 4.69) is 15.0 Å². The molecule has 2 N–H and O–H groups in total. The molecule has 0 saturated carbocycles. The predicted molar refractivity (Wildman–Crippen MR) is 87.4 cm³/mol. The quantitative estimate of drug-likeness (QED) is 0.924. The Morgan fingerprint density at radius 3 is 2.96 bits per heavy atom. The minimum absolute atomic E-state index is 0.162. The zero-order valence-corrected chi connectivity index (χ0v) is 13.1. The van der Waals surface area contributed by atoms with E-state index >= 15 is 0 Å². The Morgan fingerprint density at radius 1 is 1.30 bits per heavy atom.